The van der Waals surface area contributed by atoms with Gasteiger partial charge in [-0.3, -0.25) is 9.69 Å². The number of likely N-dealkylation sites (N-methyl/N-ethyl adjacent to an activating group) is 1. The average Bonchev–Trinajstić information content (AvgIpc) is 3.01. The number of rotatable bonds is 7. The summed E-state index contributed by atoms with van der Waals surface area (Å²) in [6.45, 7) is 12.4. The molecule has 0 unspecified atom stereocenters. The van der Waals surface area contributed by atoms with Gasteiger partial charge in [0.05, 0.1) is 19.0 Å². The fourth-order valence-corrected chi connectivity index (χ4v) is 6.40. The predicted octanol–water partition coefficient (Wildman–Crippen LogP) is 3.52. The number of para-hydroxylation sites is 1. The number of anilines is 5. The first-order valence-corrected chi connectivity index (χ1v) is 14.7. The number of hydrogen-bond acceptors (Lipinski definition) is 9. The van der Waals surface area contributed by atoms with Crippen molar-refractivity contribution in [3.05, 3.63) is 78.0 Å². The Morgan fingerprint density at radius 3 is 2.64 bits per heavy atom. The monoisotopic (exact) mass is 568 g/mol. The van der Waals surface area contributed by atoms with Crippen LogP contribution in [0, 0.1) is 6.92 Å². The fraction of sp³-hybridized carbons (Fsp3) is 0.406. The van der Waals surface area contributed by atoms with Crippen molar-refractivity contribution >= 4 is 34.7 Å². The number of aryl methyl sites for hydroxylation is 1. The lowest BCUT2D eigenvalue weighted by Crippen LogP contribution is -2.48. The van der Waals surface area contributed by atoms with Gasteiger partial charge < -0.3 is 30.0 Å². The summed E-state index contributed by atoms with van der Waals surface area (Å²) in [4.78, 5) is 33.4. The maximum Gasteiger partial charge on any atom is 0.250 e. The number of nitrogens with one attached hydrogen (secondary N) is 1. The van der Waals surface area contributed by atoms with Crippen LogP contribution in [-0.2, 0) is 11.3 Å². The lowest BCUT2D eigenvalue weighted by atomic mass is 9.92. The number of piperazine rings is 1. The highest BCUT2D eigenvalue weighted by molar-refractivity contribution is 6.02. The van der Waals surface area contributed by atoms with Gasteiger partial charge in [-0.2, -0.15) is 4.98 Å². The Kier molecular flexibility index (Phi) is 8.10. The first-order chi connectivity index (χ1) is 20.4. The number of β-amino-alcohol motifs (C(OH)–C–C–N with tert-alkyl or cyclic N) is 1. The minimum Gasteiger partial charge on any atom is -0.395 e. The molecule has 3 aliphatic heterocycles. The molecule has 10 nitrogen and oxygen atoms in total. The minimum atomic E-state index is -0.0719. The first-order valence-electron chi connectivity index (χ1n) is 14.7. The Hall–Kier alpha value is -3.99. The molecule has 0 spiro atoms. The van der Waals surface area contributed by atoms with Crippen LogP contribution in [0.3, 0.4) is 0 Å². The molecule has 1 saturated heterocycles. The zero-order chi connectivity index (χ0) is 29.2. The lowest BCUT2D eigenvalue weighted by molar-refractivity contribution is -0.114. The Morgan fingerprint density at radius 1 is 1.12 bits per heavy atom. The third kappa shape index (κ3) is 5.57. The van der Waals surface area contributed by atoms with Crippen LogP contribution in [-0.4, -0.2) is 90.4 Å². The minimum absolute atomic E-state index is 0.0236. The molecule has 220 valence electrons. The normalized spacial score (nSPS) is 19.3. The molecular weight excluding hydrogens is 528 g/mol. The molecule has 2 N–H and O–H groups in total. The van der Waals surface area contributed by atoms with Gasteiger partial charge in [0.2, 0.25) is 11.9 Å². The van der Waals surface area contributed by atoms with E-state index in [1.807, 2.05) is 11.1 Å². The van der Waals surface area contributed by atoms with E-state index >= 15 is 0 Å². The van der Waals surface area contributed by atoms with Gasteiger partial charge in [0.25, 0.3) is 0 Å². The van der Waals surface area contributed by atoms with Gasteiger partial charge in [0, 0.05) is 75.0 Å². The third-order valence-corrected chi connectivity index (χ3v) is 8.63. The van der Waals surface area contributed by atoms with Crippen LogP contribution in [0.4, 0.5) is 28.8 Å². The smallest absolute Gasteiger partial charge is 0.250 e. The topological polar surface area (TPSA) is 91.3 Å². The SMILES string of the molecule is C=CC(=O)N1CC[C@H](N2Cc3cnc(Nc4ccc(N5CCN(C)CC5)cc4)nc3N(CCO)C2)c2cccc(C)c21. The molecule has 10 heteroatoms. The van der Waals surface area contributed by atoms with Crippen LogP contribution in [0.15, 0.2) is 61.3 Å². The van der Waals surface area contributed by atoms with E-state index in [0.717, 1.165) is 66.5 Å². The Labute approximate surface area is 247 Å². The molecule has 0 radical (unpaired) electrons. The van der Waals surface area contributed by atoms with Crippen LogP contribution < -0.4 is 20.0 Å². The average molecular weight is 569 g/mol. The van der Waals surface area contributed by atoms with Crippen molar-refractivity contribution in [3.8, 4) is 0 Å². The summed E-state index contributed by atoms with van der Waals surface area (Å²) in [5.74, 6) is 1.31. The molecule has 1 aromatic heterocycles. The van der Waals surface area contributed by atoms with Gasteiger partial charge in [-0.1, -0.05) is 24.8 Å². The molecule has 0 saturated carbocycles. The Balaban J connectivity index is 1.21. The first kappa shape index (κ1) is 28.1. The standard InChI is InChI=1S/C32H40N8O2/c1-4-29(42)40-13-12-28(27-7-5-6-23(2)30(27)40)39-21-24-20-33-32(35-31(24)38(22-39)18-19-41)34-25-8-10-26(11-9-25)37-16-14-36(3)15-17-37/h4-11,20,28,41H,1,12-19,21-22H2,2-3H3,(H,33,34,35)/t28-/m0/s1. The van der Waals surface area contributed by atoms with Gasteiger partial charge in [0.15, 0.2) is 0 Å². The van der Waals surface area contributed by atoms with Crippen LogP contribution in [0.25, 0.3) is 0 Å². The molecule has 1 fully saturated rings. The van der Waals surface area contributed by atoms with E-state index in [1.54, 1.807) is 0 Å². The van der Waals surface area contributed by atoms with Crippen molar-refractivity contribution in [3.63, 3.8) is 0 Å². The molecular formula is C32H40N8O2. The van der Waals surface area contributed by atoms with Gasteiger partial charge in [-0.15, -0.1) is 0 Å². The van der Waals surface area contributed by atoms with E-state index in [2.05, 4.69) is 92.9 Å². The number of aliphatic hydroxyl groups is 1. The van der Waals surface area contributed by atoms with Crippen LogP contribution in [0.1, 0.15) is 29.2 Å². The Bertz CT molecular complexity index is 1440. The van der Waals surface area contributed by atoms with Crippen molar-refractivity contribution in [1.82, 2.24) is 19.8 Å². The number of carbonyl (C=O) groups excluding carboxylic acids is 1. The molecule has 4 heterocycles. The van der Waals surface area contributed by atoms with Crippen molar-refractivity contribution < 1.29 is 9.90 Å². The summed E-state index contributed by atoms with van der Waals surface area (Å²) in [5, 5.41) is 13.3. The molecule has 3 aromatic rings. The van der Waals surface area contributed by atoms with Crippen molar-refractivity contribution in [2.45, 2.75) is 25.9 Å². The second-order valence-corrected chi connectivity index (χ2v) is 11.4. The van der Waals surface area contributed by atoms with Crippen LogP contribution in [0.2, 0.25) is 0 Å². The van der Waals surface area contributed by atoms with Gasteiger partial charge in [-0.05, 0) is 61.9 Å². The Morgan fingerprint density at radius 2 is 1.90 bits per heavy atom. The van der Waals surface area contributed by atoms with Crippen molar-refractivity contribution in [2.24, 2.45) is 0 Å². The second-order valence-electron chi connectivity index (χ2n) is 11.4. The van der Waals surface area contributed by atoms with Crippen LogP contribution >= 0.6 is 0 Å². The maximum atomic E-state index is 12.7. The number of aromatic nitrogens is 2. The van der Waals surface area contributed by atoms with Gasteiger partial charge >= 0.3 is 0 Å². The molecule has 0 aliphatic carbocycles. The number of nitrogens with zero attached hydrogens (tertiary/aromatic N) is 7. The van der Waals surface area contributed by atoms with E-state index in [4.69, 9.17) is 4.98 Å². The quantitative estimate of drug-likeness (QED) is 0.416. The molecule has 42 heavy (non-hydrogen) atoms. The fourth-order valence-electron chi connectivity index (χ4n) is 6.40. The molecule has 1 atom stereocenters. The van der Waals surface area contributed by atoms with E-state index in [0.29, 0.717) is 32.3 Å². The highest BCUT2D eigenvalue weighted by Crippen LogP contribution is 2.42. The number of amides is 1. The molecule has 2 aromatic carbocycles. The summed E-state index contributed by atoms with van der Waals surface area (Å²) in [6.07, 6.45) is 4.10. The van der Waals surface area contributed by atoms with Crippen molar-refractivity contribution in [1.29, 1.82) is 0 Å². The zero-order valence-electron chi connectivity index (χ0n) is 24.5. The van der Waals surface area contributed by atoms with E-state index in [-0.39, 0.29) is 18.6 Å². The van der Waals surface area contributed by atoms with Crippen molar-refractivity contribution in [2.75, 3.05) is 79.6 Å². The summed E-state index contributed by atoms with van der Waals surface area (Å²) >= 11 is 0. The maximum absolute atomic E-state index is 12.7. The van der Waals surface area contributed by atoms with E-state index in [9.17, 15) is 9.90 Å². The molecule has 6 rings (SSSR count). The summed E-state index contributed by atoms with van der Waals surface area (Å²) < 4.78 is 0. The number of fused-ring (bicyclic) bond motifs is 2. The highest BCUT2D eigenvalue weighted by Gasteiger charge is 2.36. The second kappa shape index (κ2) is 12.1. The van der Waals surface area contributed by atoms with Gasteiger partial charge in [0.1, 0.15) is 5.82 Å². The molecule has 1 amide bonds. The molecule has 0 bridgehead atoms. The molecule has 3 aliphatic rings. The van der Waals surface area contributed by atoms with E-state index < -0.39 is 0 Å². The summed E-state index contributed by atoms with van der Waals surface area (Å²) in [5.41, 5.74) is 6.38. The van der Waals surface area contributed by atoms with E-state index in [1.165, 1.54) is 11.8 Å². The zero-order valence-corrected chi connectivity index (χ0v) is 24.5. The number of benzene rings is 2. The number of hydrogen-bond donors (Lipinski definition) is 2. The lowest BCUT2D eigenvalue weighted by Gasteiger charge is -2.45. The summed E-state index contributed by atoms with van der Waals surface area (Å²) in [6, 6.07) is 14.8. The number of carbonyl (C=O) groups is 1. The largest absolute Gasteiger partial charge is 0.395 e. The summed E-state index contributed by atoms with van der Waals surface area (Å²) in [7, 11) is 2.17. The van der Waals surface area contributed by atoms with Gasteiger partial charge in [-0.25, -0.2) is 4.98 Å². The predicted molar refractivity (Wildman–Crippen MR) is 167 cm³/mol. The number of aliphatic hydroxyl groups excluding tert-OH is 1. The van der Waals surface area contributed by atoms with Crippen LogP contribution in [0.5, 0.6) is 0 Å². The highest BCUT2D eigenvalue weighted by atomic mass is 16.3. The third-order valence-electron chi connectivity index (χ3n) is 8.63.